The minimum Gasteiger partial charge on any atom is -0.402 e. The maximum absolute atomic E-state index is 10.8. The van der Waals surface area contributed by atoms with Gasteiger partial charge in [0.05, 0.1) is 0 Å². The highest BCUT2D eigenvalue weighted by atomic mass is 16.1. The van der Waals surface area contributed by atoms with E-state index in [0.29, 0.717) is 23.4 Å². The second-order valence-electron chi connectivity index (χ2n) is 3.70. The van der Waals surface area contributed by atoms with E-state index in [2.05, 4.69) is 0 Å². The molecule has 0 radical (unpaired) electrons. The number of anilines is 1. The van der Waals surface area contributed by atoms with Crippen molar-refractivity contribution in [3.8, 4) is 0 Å². The van der Waals surface area contributed by atoms with Crippen molar-refractivity contribution in [1.82, 2.24) is 0 Å². The number of hydrogen-bond donors (Lipinski definition) is 2. The lowest BCUT2D eigenvalue weighted by Gasteiger charge is -2.13. The zero-order chi connectivity index (χ0) is 11.5. The van der Waals surface area contributed by atoms with E-state index in [9.17, 15) is 4.79 Å². The van der Waals surface area contributed by atoms with Crippen LogP contribution in [0.1, 0.15) is 19.4 Å². The van der Waals surface area contributed by atoms with Crippen molar-refractivity contribution in [1.29, 1.82) is 0 Å². The normalized spacial score (nSPS) is 14.2. The standard InChI is InChI=1S/C13H12N2O.CH4/c14-11-3-1-9(2-4-11)13-6-5-12(15)7-10(13)8-16;/h1-6H,7,14-15H2;1H4. The number of rotatable bonds is 1. The number of hydrogen-bond acceptors (Lipinski definition) is 3. The Bertz CT molecular complexity index is 518. The molecule has 0 fully saturated rings. The summed E-state index contributed by atoms with van der Waals surface area (Å²) in [4.78, 5) is 10.8. The molecule has 0 saturated carbocycles. The molecule has 17 heavy (non-hydrogen) atoms. The molecule has 0 atom stereocenters. The first kappa shape index (κ1) is 12.8. The van der Waals surface area contributed by atoms with Gasteiger partial charge in [0.1, 0.15) is 5.94 Å². The van der Waals surface area contributed by atoms with Crippen molar-refractivity contribution in [2.75, 3.05) is 5.73 Å². The average Bonchev–Trinajstić information content (AvgIpc) is 2.30. The molecule has 0 unspecified atom stereocenters. The lowest BCUT2D eigenvalue weighted by atomic mass is 9.92. The van der Waals surface area contributed by atoms with Crippen LogP contribution >= 0.6 is 0 Å². The first-order valence-electron chi connectivity index (χ1n) is 4.97. The van der Waals surface area contributed by atoms with Crippen LogP contribution in [0.4, 0.5) is 5.69 Å². The molecule has 2 rings (SSSR count). The molecule has 88 valence electrons. The first-order chi connectivity index (χ1) is 7.70. The van der Waals surface area contributed by atoms with Gasteiger partial charge in [-0.25, -0.2) is 4.79 Å². The van der Waals surface area contributed by atoms with Gasteiger partial charge in [0, 0.05) is 23.4 Å². The third-order valence-corrected chi connectivity index (χ3v) is 2.51. The van der Waals surface area contributed by atoms with Crippen LogP contribution in [-0.2, 0) is 4.79 Å². The van der Waals surface area contributed by atoms with Crippen molar-refractivity contribution in [3.05, 3.63) is 53.3 Å². The van der Waals surface area contributed by atoms with E-state index >= 15 is 0 Å². The van der Waals surface area contributed by atoms with Gasteiger partial charge in [-0.3, -0.25) is 0 Å². The van der Waals surface area contributed by atoms with Crippen LogP contribution in [-0.4, -0.2) is 5.94 Å². The van der Waals surface area contributed by atoms with Crippen molar-refractivity contribution >= 4 is 17.2 Å². The fraction of sp³-hybridized carbons (Fsp3) is 0.143. The lowest BCUT2D eigenvalue weighted by Crippen LogP contribution is -2.05. The minimum atomic E-state index is 0. The molecule has 1 aliphatic rings. The molecule has 0 spiro atoms. The monoisotopic (exact) mass is 228 g/mol. The van der Waals surface area contributed by atoms with Gasteiger partial charge in [0.25, 0.3) is 0 Å². The van der Waals surface area contributed by atoms with Gasteiger partial charge in [-0.1, -0.05) is 25.6 Å². The lowest BCUT2D eigenvalue weighted by molar-refractivity contribution is 0.567. The molecule has 1 aliphatic carbocycles. The van der Waals surface area contributed by atoms with Crippen LogP contribution in [0.5, 0.6) is 0 Å². The Labute approximate surface area is 101 Å². The largest absolute Gasteiger partial charge is 0.402 e. The van der Waals surface area contributed by atoms with Gasteiger partial charge >= 0.3 is 0 Å². The molecule has 0 aliphatic heterocycles. The Balaban J connectivity index is 0.00000144. The summed E-state index contributed by atoms with van der Waals surface area (Å²) < 4.78 is 0. The van der Waals surface area contributed by atoms with Crippen molar-refractivity contribution < 1.29 is 4.79 Å². The summed E-state index contributed by atoms with van der Waals surface area (Å²) >= 11 is 0. The maximum atomic E-state index is 10.8. The summed E-state index contributed by atoms with van der Waals surface area (Å²) in [6.45, 7) is 0. The quantitative estimate of drug-likeness (QED) is 0.572. The van der Waals surface area contributed by atoms with E-state index in [0.717, 1.165) is 11.1 Å². The van der Waals surface area contributed by atoms with E-state index in [1.807, 2.05) is 30.2 Å². The van der Waals surface area contributed by atoms with Crippen LogP contribution in [0.15, 0.2) is 47.7 Å². The second-order valence-corrected chi connectivity index (χ2v) is 3.70. The van der Waals surface area contributed by atoms with E-state index < -0.39 is 0 Å². The number of carbonyl (C=O) groups excluding carboxylic acids is 1. The third kappa shape index (κ3) is 2.65. The maximum Gasteiger partial charge on any atom is 0.128 e. The Morgan fingerprint density at radius 1 is 1.06 bits per heavy atom. The summed E-state index contributed by atoms with van der Waals surface area (Å²) in [5.41, 5.74) is 15.1. The topological polar surface area (TPSA) is 69.1 Å². The molecule has 0 bridgehead atoms. The SMILES string of the molecule is C.NC1=CC=C(c2ccc(N)cc2)C(=C=O)C1. The summed E-state index contributed by atoms with van der Waals surface area (Å²) in [6.07, 6.45) is 4.11. The number of allylic oxidation sites excluding steroid dienone is 4. The van der Waals surface area contributed by atoms with Gasteiger partial charge in [-0.05, 0) is 29.3 Å². The molecule has 0 heterocycles. The summed E-state index contributed by atoms with van der Waals surface area (Å²) in [6, 6.07) is 7.38. The summed E-state index contributed by atoms with van der Waals surface area (Å²) in [5, 5.41) is 0. The predicted octanol–water partition coefficient (Wildman–Crippen LogP) is 2.29. The minimum absolute atomic E-state index is 0. The van der Waals surface area contributed by atoms with Gasteiger partial charge in [0.2, 0.25) is 0 Å². The van der Waals surface area contributed by atoms with Gasteiger partial charge in [-0.15, -0.1) is 0 Å². The zero-order valence-electron chi connectivity index (χ0n) is 8.73. The molecule has 3 heteroatoms. The van der Waals surface area contributed by atoms with Crippen LogP contribution in [0.3, 0.4) is 0 Å². The van der Waals surface area contributed by atoms with E-state index in [1.54, 1.807) is 12.1 Å². The molecule has 0 saturated heterocycles. The van der Waals surface area contributed by atoms with Crippen LogP contribution in [0.25, 0.3) is 5.57 Å². The van der Waals surface area contributed by atoms with Crippen molar-refractivity contribution in [2.45, 2.75) is 13.8 Å². The predicted molar refractivity (Wildman–Crippen MR) is 71.7 cm³/mol. The van der Waals surface area contributed by atoms with Crippen molar-refractivity contribution in [2.24, 2.45) is 5.73 Å². The van der Waals surface area contributed by atoms with Crippen molar-refractivity contribution in [3.63, 3.8) is 0 Å². The highest BCUT2D eigenvalue weighted by molar-refractivity contribution is 5.89. The molecule has 1 aromatic rings. The van der Waals surface area contributed by atoms with Gasteiger partial charge in [-0.2, -0.15) is 0 Å². The fourth-order valence-electron chi connectivity index (χ4n) is 1.67. The highest BCUT2D eigenvalue weighted by Gasteiger charge is 2.13. The Morgan fingerprint density at radius 3 is 2.29 bits per heavy atom. The number of nitrogens with two attached hydrogens (primary N) is 2. The molecule has 3 nitrogen and oxygen atoms in total. The highest BCUT2D eigenvalue weighted by Crippen LogP contribution is 2.29. The third-order valence-electron chi connectivity index (χ3n) is 2.51. The van der Waals surface area contributed by atoms with Crippen LogP contribution in [0.2, 0.25) is 0 Å². The fourth-order valence-corrected chi connectivity index (χ4v) is 1.67. The smallest absolute Gasteiger partial charge is 0.128 e. The molecule has 4 N–H and O–H groups in total. The van der Waals surface area contributed by atoms with E-state index in [1.165, 1.54) is 0 Å². The molecular formula is C14H16N2O. The molecule has 0 amide bonds. The second kappa shape index (κ2) is 5.19. The summed E-state index contributed by atoms with van der Waals surface area (Å²) in [7, 11) is 0. The first-order valence-corrected chi connectivity index (χ1v) is 4.97. The van der Waals surface area contributed by atoms with E-state index in [4.69, 9.17) is 11.5 Å². The van der Waals surface area contributed by atoms with Gasteiger partial charge < -0.3 is 11.5 Å². The summed E-state index contributed by atoms with van der Waals surface area (Å²) in [5.74, 6) is 1.94. The Hall–Kier alpha value is -2.25. The molecule has 1 aromatic carbocycles. The average molecular weight is 228 g/mol. The molecular weight excluding hydrogens is 212 g/mol. The zero-order valence-corrected chi connectivity index (χ0v) is 8.73. The number of benzene rings is 1. The molecule has 0 aromatic heterocycles. The Morgan fingerprint density at radius 2 is 1.71 bits per heavy atom. The van der Waals surface area contributed by atoms with Crippen LogP contribution in [0, 0.1) is 0 Å². The number of nitrogen functional groups attached to an aromatic ring is 1. The van der Waals surface area contributed by atoms with Crippen LogP contribution < -0.4 is 11.5 Å². The Kier molecular flexibility index (Phi) is 3.91. The van der Waals surface area contributed by atoms with Gasteiger partial charge in [0.15, 0.2) is 0 Å². The van der Waals surface area contributed by atoms with E-state index in [-0.39, 0.29) is 7.43 Å².